The zero-order chi connectivity index (χ0) is 13.6. The molecule has 1 aliphatic rings. The monoisotopic (exact) mass is 263 g/mol. The Balaban J connectivity index is 1.48. The molecule has 0 radical (unpaired) electrons. The molecule has 2 rings (SSSR count). The zero-order valence-electron chi connectivity index (χ0n) is 11.0. The molecule has 1 aliphatic heterocycles. The normalized spacial score (nSPS) is 21.1. The van der Waals surface area contributed by atoms with Gasteiger partial charge >= 0.3 is 0 Å². The third-order valence-corrected chi connectivity index (χ3v) is 3.35. The SMILES string of the molecule is O=C([O-])C1(CCCCCCOc2ccccc2)CO1. The predicted octanol–water partition coefficient (Wildman–Crippen LogP) is 1.53. The molecule has 4 heteroatoms. The Hall–Kier alpha value is -1.55. The fourth-order valence-electron chi connectivity index (χ4n) is 2.02. The summed E-state index contributed by atoms with van der Waals surface area (Å²) in [5.41, 5.74) is -0.958. The Kier molecular flexibility index (Phi) is 4.80. The molecule has 0 amide bonds. The number of epoxide rings is 1. The largest absolute Gasteiger partial charge is 0.547 e. The van der Waals surface area contributed by atoms with E-state index in [1.54, 1.807) is 0 Å². The predicted molar refractivity (Wildman–Crippen MR) is 68.7 cm³/mol. The van der Waals surface area contributed by atoms with Crippen LogP contribution < -0.4 is 9.84 Å². The maximum absolute atomic E-state index is 10.8. The van der Waals surface area contributed by atoms with Crippen molar-refractivity contribution < 1.29 is 19.4 Å². The van der Waals surface area contributed by atoms with Crippen molar-refractivity contribution in [2.45, 2.75) is 37.7 Å². The van der Waals surface area contributed by atoms with Gasteiger partial charge in [-0.2, -0.15) is 0 Å². The Bertz CT molecular complexity index is 398. The maximum Gasteiger partial charge on any atom is 0.131 e. The first-order valence-electron chi connectivity index (χ1n) is 6.76. The fraction of sp³-hybridized carbons (Fsp3) is 0.533. The van der Waals surface area contributed by atoms with Gasteiger partial charge in [-0.25, -0.2) is 0 Å². The zero-order valence-corrected chi connectivity index (χ0v) is 11.0. The average molecular weight is 263 g/mol. The summed E-state index contributed by atoms with van der Waals surface area (Å²) in [5, 5.41) is 10.8. The number of carbonyl (C=O) groups excluding carboxylic acids is 1. The maximum atomic E-state index is 10.8. The summed E-state index contributed by atoms with van der Waals surface area (Å²) in [7, 11) is 0. The quantitative estimate of drug-likeness (QED) is 0.501. The second-order valence-electron chi connectivity index (χ2n) is 4.90. The lowest BCUT2D eigenvalue weighted by atomic mass is 10.0. The topological polar surface area (TPSA) is 61.9 Å². The number of carboxylic acid groups (broad SMARTS) is 1. The molecule has 104 valence electrons. The van der Waals surface area contributed by atoms with Gasteiger partial charge in [-0.3, -0.25) is 0 Å². The van der Waals surface area contributed by atoms with E-state index in [-0.39, 0.29) is 0 Å². The molecule has 4 nitrogen and oxygen atoms in total. The lowest BCUT2D eigenvalue weighted by molar-refractivity contribution is -0.312. The minimum atomic E-state index is -1.07. The highest BCUT2D eigenvalue weighted by molar-refractivity contribution is 5.78. The third-order valence-electron chi connectivity index (χ3n) is 3.35. The highest BCUT2D eigenvalue weighted by atomic mass is 16.6. The number of unbranched alkanes of at least 4 members (excludes halogenated alkanes) is 3. The summed E-state index contributed by atoms with van der Waals surface area (Å²) in [5.74, 6) is -0.176. The molecule has 1 aromatic carbocycles. The molecular weight excluding hydrogens is 244 g/mol. The molecule has 0 aromatic heterocycles. The number of rotatable bonds is 9. The first kappa shape index (κ1) is 13.9. The average Bonchev–Trinajstić information content (AvgIpc) is 3.20. The van der Waals surface area contributed by atoms with Crippen LogP contribution in [0.25, 0.3) is 0 Å². The van der Waals surface area contributed by atoms with Crippen LogP contribution in [0.1, 0.15) is 32.1 Å². The molecule has 0 spiro atoms. The van der Waals surface area contributed by atoms with Crippen molar-refractivity contribution in [1.29, 1.82) is 0 Å². The molecule has 0 aliphatic carbocycles. The molecule has 1 unspecified atom stereocenters. The molecule has 0 N–H and O–H groups in total. The van der Waals surface area contributed by atoms with E-state index in [0.29, 0.717) is 19.6 Å². The van der Waals surface area contributed by atoms with E-state index < -0.39 is 11.6 Å². The van der Waals surface area contributed by atoms with E-state index in [4.69, 9.17) is 9.47 Å². The van der Waals surface area contributed by atoms with Gasteiger partial charge in [-0.1, -0.05) is 37.5 Å². The second kappa shape index (κ2) is 6.57. The van der Waals surface area contributed by atoms with E-state index in [2.05, 4.69) is 0 Å². The number of hydrogen-bond acceptors (Lipinski definition) is 4. The van der Waals surface area contributed by atoms with Crippen LogP contribution in [0.3, 0.4) is 0 Å². The van der Waals surface area contributed by atoms with Crippen molar-refractivity contribution >= 4 is 5.97 Å². The van der Waals surface area contributed by atoms with Crippen LogP contribution in [0.15, 0.2) is 30.3 Å². The Morgan fingerprint density at radius 1 is 1.21 bits per heavy atom. The Labute approximate surface area is 113 Å². The molecule has 1 aromatic rings. The van der Waals surface area contributed by atoms with Gasteiger partial charge in [0.25, 0.3) is 0 Å². The minimum absolute atomic E-state index is 0.312. The molecule has 0 bridgehead atoms. The van der Waals surface area contributed by atoms with E-state index in [0.717, 1.165) is 31.4 Å². The van der Waals surface area contributed by atoms with Gasteiger partial charge in [0.15, 0.2) is 0 Å². The van der Waals surface area contributed by atoms with Crippen LogP contribution in [0, 0.1) is 0 Å². The molecule has 1 heterocycles. The smallest absolute Gasteiger partial charge is 0.131 e. The number of carbonyl (C=O) groups is 1. The van der Waals surface area contributed by atoms with Gasteiger partial charge in [-0.05, 0) is 25.0 Å². The standard InChI is InChI=1S/C15H20O4/c16-14(17)15(12-19-15)10-6-1-2-7-11-18-13-8-4-3-5-9-13/h3-5,8-9H,1-2,6-7,10-12H2,(H,16,17)/p-1. The van der Waals surface area contributed by atoms with E-state index in [1.807, 2.05) is 30.3 Å². The van der Waals surface area contributed by atoms with Crippen LogP contribution in [-0.4, -0.2) is 24.8 Å². The number of hydrogen-bond donors (Lipinski definition) is 0. The lowest BCUT2D eigenvalue weighted by Gasteiger charge is -2.12. The summed E-state index contributed by atoms with van der Waals surface area (Å²) in [6, 6.07) is 9.73. The summed E-state index contributed by atoms with van der Waals surface area (Å²) >= 11 is 0. The number of carboxylic acids is 1. The van der Waals surface area contributed by atoms with Gasteiger partial charge < -0.3 is 19.4 Å². The van der Waals surface area contributed by atoms with Crippen LogP contribution in [-0.2, 0) is 9.53 Å². The highest BCUT2D eigenvalue weighted by Gasteiger charge is 2.45. The van der Waals surface area contributed by atoms with Crippen molar-refractivity contribution in [2.24, 2.45) is 0 Å². The minimum Gasteiger partial charge on any atom is -0.547 e. The van der Waals surface area contributed by atoms with E-state index >= 15 is 0 Å². The van der Waals surface area contributed by atoms with Gasteiger partial charge in [-0.15, -0.1) is 0 Å². The third kappa shape index (κ3) is 4.24. The van der Waals surface area contributed by atoms with Gasteiger partial charge in [0.2, 0.25) is 0 Å². The molecule has 1 atom stereocenters. The van der Waals surface area contributed by atoms with Crippen LogP contribution >= 0.6 is 0 Å². The van der Waals surface area contributed by atoms with Gasteiger partial charge in [0, 0.05) is 0 Å². The Morgan fingerprint density at radius 2 is 1.89 bits per heavy atom. The van der Waals surface area contributed by atoms with Crippen LogP contribution in [0.2, 0.25) is 0 Å². The van der Waals surface area contributed by atoms with Gasteiger partial charge in [0.1, 0.15) is 11.4 Å². The lowest BCUT2D eigenvalue weighted by Crippen LogP contribution is -2.38. The van der Waals surface area contributed by atoms with Gasteiger partial charge in [0.05, 0.1) is 19.2 Å². The summed E-state index contributed by atoms with van der Waals surface area (Å²) < 4.78 is 10.5. The Morgan fingerprint density at radius 3 is 2.53 bits per heavy atom. The van der Waals surface area contributed by atoms with Crippen molar-refractivity contribution in [1.82, 2.24) is 0 Å². The molecule has 1 fully saturated rings. The number of benzene rings is 1. The number of ether oxygens (including phenoxy) is 2. The molecule has 19 heavy (non-hydrogen) atoms. The van der Waals surface area contributed by atoms with Crippen LogP contribution in [0.5, 0.6) is 5.75 Å². The van der Waals surface area contributed by atoms with Crippen molar-refractivity contribution in [3.05, 3.63) is 30.3 Å². The number of aliphatic carboxylic acids is 1. The van der Waals surface area contributed by atoms with Crippen molar-refractivity contribution in [3.63, 3.8) is 0 Å². The first-order valence-corrected chi connectivity index (χ1v) is 6.76. The van der Waals surface area contributed by atoms with E-state index in [9.17, 15) is 9.90 Å². The fourth-order valence-corrected chi connectivity index (χ4v) is 2.02. The number of para-hydroxylation sites is 1. The summed E-state index contributed by atoms with van der Waals surface area (Å²) in [4.78, 5) is 10.8. The molecule has 1 saturated heterocycles. The summed E-state index contributed by atoms with van der Waals surface area (Å²) in [6.45, 7) is 1.01. The van der Waals surface area contributed by atoms with Crippen molar-refractivity contribution in [2.75, 3.05) is 13.2 Å². The molecular formula is C15H19O4-. The summed E-state index contributed by atoms with van der Waals surface area (Å²) in [6.07, 6.45) is 4.44. The van der Waals surface area contributed by atoms with Crippen molar-refractivity contribution in [3.8, 4) is 5.75 Å². The second-order valence-corrected chi connectivity index (χ2v) is 4.90. The highest BCUT2D eigenvalue weighted by Crippen LogP contribution is 2.32. The first-order chi connectivity index (χ1) is 9.23. The van der Waals surface area contributed by atoms with Crippen LogP contribution in [0.4, 0.5) is 0 Å². The van der Waals surface area contributed by atoms with E-state index in [1.165, 1.54) is 0 Å². The molecule has 0 saturated carbocycles.